The highest BCUT2D eigenvalue weighted by Crippen LogP contribution is 2.31. The molecule has 16 heteroatoms. The summed E-state index contributed by atoms with van der Waals surface area (Å²) in [7, 11) is 6.60. The van der Waals surface area contributed by atoms with Gasteiger partial charge in [0.2, 0.25) is 35.4 Å². The van der Waals surface area contributed by atoms with E-state index in [1.807, 2.05) is 107 Å². The van der Waals surface area contributed by atoms with Gasteiger partial charge in [-0.05, 0) is 68.3 Å². The van der Waals surface area contributed by atoms with Crippen molar-refractivity contribution < 1.29 is 43.0 Å². The number of nitrogens with zero attached hydrogens (tertiary/aromatic N) is 5. The first-order chi connectivity index (χ1) is 31.4. The number of likely N-dealkylation sites (N-methyl/N-ethyl adjacent to an activating group) is 2. The predicted octanol–water partition coefficient (Wildman–Crippen LogP) is 6.02. The maximum atomic E-state index is 14.5. The van der Waals surface area contributed by atoms with Crippen LogP contribution in [0.5, 0.6) is 0 Å². The van der Waals surface area contributed by atoms with Crippen LogP contribution >= 0.6 is 0 Å². The minimum absolute atomic E-state index is 0.00721. The number of benzene rings is 2. The Kier molecular flexibility index (Phi) is 20.8. The lowest BCUT2D eigenvalue weighted by Crippen LogP contribution is -2.60. The monoisotopic (exact) mass is 918 g/mol. The zero-order valence-electron chi connectivity index (χ0n) is 40.9. The average molecular weight is 918 g/mol. The second kappa shape index (κ2) is 25.6. The first-order valence-corrected chi connectivity index (χ1v) is 23.5. The van der Waals surface area contributed by atoms with Crippen molar-refractivity contribution in [3.63, 3.8) is 0 Å². The number of carbonyl (C=O) groups excluding carboxylic acids is 4. The van der Waals surface area contributed by atoms with Gasteiger partial charge in [-0.15, -0.1) is 10.2 Å². The summed E-state index contributed by atoms with van der Waals surface area (Å²) in [6.45, 7) is 14.3. The zero-order valence-corrected chi connectivity index (χ0v) is 40.9. The van der Waals surface area contributed by atoms with Gasteiger partial charge in [0.05, 0.1) is 42.7 Å². The highest BCUT2D eigenvalue weighted by Gasteiger charge is 2.43. The maximum Gasteiger partial charge on any atom is 0.303 e. The first-order valence-electron chi connectivity index (χ1n) is 23.5. The van der Waals surface area contributed by atoms with Crippen LogP contribution in [0.15, 0.2) is 65.1 Å². The Morgan fingerprint density at radius 1 is 0.879 bits per heavy atom. The number of aromatic nitrogens is 2. The van der Waals surface area contributed by atoms with E-state index in [-0.39, 0.29) is 60.1 Å². The molecule has 2 heterocycles. The Morgan fingerprint density at radius 2 is 1.53 bits per heavy atom. The summed E-state index contributed by atoms with van der Waals surface area (Å²) in [6.07, 6.45) is 1.48. The van der Waals surface area contributed by atoms with E-state index in [1.54, 1.807) is 45.0 Å². The largest absolute Gasteiger partial charge is 0.481 e. The van der Waals surface area contributed by atoms with Crippen molar-refractivity contribution in [3.8, 4) is 11.5 Å². The van der Waals surface area contributed by atoms with E-state index in [1.165, 1.54) is 0 Å². The molecule has 9 atom stereocenters. The molecule has 0 spiro atoms. The second-order valence-corrected chi connectivity index (χ2v) is 18.5. The fraction of sp³-hybridized carbons (Fsp3) is 0.620. The molecule has 4 amide bonds. The first kappa shape index (κ1) is 53.4. The second-order valence-electron chi connectivity index (χ2n) is 18.5. The summed E-state index contributed by atoms with van der Waals surface area (Å²) in [5, 5.41) is 24.0. The number of carboxylic acids is 1. The Labute approximate surface area is 391 Å². The van der Waals surface area contributed by atoms with Crippen LogP contribution in [0.3, 0.4) is 0 Å². The van der Waals surface area contributed by atoms with Crippen LogP contribution in [0.2, 0.25) is 0 Å². The number of hydrogen-bond acceptors (Lipinski definition) is 11. The van der Waals surface area contributed by atoms with Gasteiger partial charge in [0.1, 0.15) is 12.1 Å². The number of nitrogens with one attached hydrogen (secondary N) is 2. The summed E-state index contributed by atoms with van der Waals surface area (Å²) in [5.41, 5.74) is 1.74. The molecule has 3 aromatic rings. The smallest absolute Gasteiger partial charge is 0.303 e. The van der Waals surface area contributed by atoms with E-state index >= 15 is 0 Å². The van der Waals surface area contributed by atoms with E-state index in [2.05, 4.69) is 20.8 Å². The zero-order chi connectivity index (χ0) is 48.7. The molecule has 1 aliphatic heterocycles. The lowest BCUT2D eigenvalue weighted by Gasteiger charge is -2.41. The summed E-state index contributed by atoms with van der Waals surface area (Å²) in [4.78, 5) is 73.6. The van der Waals surface area contributed by atoms with Crippen LogP contribution in [-0.2, 0) is 39.9 Å². The van der Waals surface area contributed by atoms with Gasteiger partial charge in [-0.1, -0.05) is 103 Å². The summed E-state index contributed by atoms with van der Waals surface area (Å²) in [5.74, 6) is -2.48. The summed E-state index contributed by atoms with van der Waals surface area (Å²) >= 11 is 0. The molecule has 1 aliphatic rings. The third-order valence-electron chi connectivity index (χ3n) is 13.1. The number of likely N-dealkylation sites (tertiary alicyclic amines) is 1. The van der Waals surface area contributed by atoms with E-state index in [9.17, 15) is 24.0 Å². The average Bonchev–Trinajstić information content (AvgIpc) is 3.99. The van der Waals surface area contributed by atoms with Gasteiger partial charge in [-0.2, -0.15) is 0 Å². The quantitative estimate of drug-likeness (QED) is 0.0849. The van der Waals surface area contributed by atoms with E-state index in [4.69, 9.17) is 19.0 Å². The number of rotatable bonds is 26. The molecule has 66 heavy (non-hydrogen) atoms. The van der Waals surface area contributed by atoms with Gasteiger partial charge in [0, 0.05) is 46.2 Å². The molecule has 4 rings (SSSR count). The van der Waals surface area contributed by atoms with Crippen molar-refractivity contribution >= 4 is 29.6 Å². The number of ether oxygens (including phenoxy) is 2. The van der Waals surface area contributed by atoms with Crippen molar-refractivity contribution in [1.29, 1.82) is 0 Å². The van der Waals surface area contributed by atoms with Gasteiger partial charge in [0.15, 0.2) is 0 Å². The molecule has 0 aliphatic carbocycles. The lowest BCUT2D eigenvalue weighted by atomic mass is 9.89. The van der Waals surface area contributed by atoms with Crippen molar-refractivity contribution in [2.45, 2.75) is 136 Å². The third kappa shape index (κ3) is 14.2. The fourth-order valence-electron chi connectivity index (χ4n) is 9.33. The van der Waals surface area contributed by atoms with Gasteiger partial charge in [-0.3, -0.25) is 28.9 Å². The lowest BCUT2D eigenvalue weighted by molar-refractivity contribution is -0.148. The van der Waals surface area contributed by atoms with E-state index < -0.39 is 54.3 Å². The maximum absolute atomic E-state index is 14.5. The summed E-state index contributed by atoms with van der Waals surface area (Å²) < 4.78 is 18.3. The topological polar surface area (TPSA) is 197 Å². The molecular weight excluding hydrogens is 843 g/mol. The molecule has 1 fully saturated rings. The molecule has 0 bridgehead atoms. The van der Waals surface area contributed by atoms with Crippen molar-refractivity contribution in [3.05, 3.63) is 72.1 Å². The van der Waals surface area contributed by atoms with Gasteiger partial charge in [0.25, 0.3) is 0 Å². The van der Waals surface area contributed by atoms with E-state index in [0.29, 0.717) is 44.7 Å². The molecule has 16 nitrogen and oxygen atoms in total. The van der Waals surface area contributed by atoms with Crippen LogP contribution < -0.4 is 10.6 Å². The van der Waals surface area contributed by atoms with Crippen LogP contribution in [0.1, 0.15) is 104 Å². The molecule has 0 saturated carbocycles. The Morgan fingerprint density at radius 3 is 2.11 bits per heavy atom. The van der Waals surface area contributed by atoms with E-state index in [0.717, 1.165) is 17.5 Å². The Hall–Kier alpha value is -5.19. The Bertz CT molecular complexity index is 2000. The molecule has 2 aromatic carbocycles. The van der Waals surface area contributed by atoms with Crippen LogP contribution in [0.25, 0.3) is 11.5 Å². The van der Waals surface area contributed by atoms with Crippen molar-refractivity contribution in [1.82, 2.24) is 35.5 Å². The standard InChI is InChI=1S/C50H75N7O9/c1-12-33(6)44(56(9)50(63)42(31(2)3)52-47(62)43(32(4)5)55(8)27-20-26-41(59)60)39(64-10)30-40(58)57-28-19-25-38(57)45(65-11)34(7)46(61)51-37(29-35-21-15-13-16-22-35)49-54-53-48(66-49)36-23-17-14-18-24-36/h13-18,21-24,31-34,37-39,42-45H,12,19-20,25-30H2,1-11H3,(H,51,61)(H,52,62)(H,59,60). The molecule has 364 valence electrons. The van der Waals surface area contributed by atoms with Crippen molar-refractivity contribution in [2.75, 3.05) is 41.4 Å². The van der Waals surface area contributed by atoms with Crippen molar-refractivity contribution in [2.24, 2.45) is 23.7 Å². The number of carbonyl (C=O) groups is 5. The number of carboxylic acid groups (broad SMARTS) is 1. The molecule has 9 unspecified atom stereocenters. The molecular formula is C50H75N7O9. The number of amides is 4. The normalized spacial score (nSPS) is 17.7. The van der Waals surface area contributed by atoms with Gasteiger partial charge >= 0.3 is 5.97 Å². The summed E-state index contributed by atoms with van der Waals surface area (Å²) in [6, 6.07) is 16.2. The molecule has 1 aromatic heterocycles. The van der Waals surface area contributed by atoms with Crippen LogP contribution in [0, 0.1) is 23.7 Å². The van der Waals surface area contributed by atoms with Gasteiger partial charge < -0.3 is 39.4 Å². The highest BCUT2D eigenvalue weighted by molar-refractivity contribution is 5.90. The molecule has 0 radical (unpaired) electrons. The third-order valence-corrected chi connectivity index (χ3v) is 13.1. The number of hydrogen-bond donors (Lipinski definition) is 3. The predicted molar refractivity (Wildman–Crippen MR) is 252 cm³/mol. The molecule has 1 saturated heterocycles. The van der Waals surface area contributed by atoms with Crippen LogP contribution in [0.4, 0.5) is 0 Å². The highest BCUT2D eigenvalue weighted by atomic mass is 16.5. The Balaban J connectivity index is 1.50. The minimum atomic E-state index is -0.895. The van der Waals surface area contributed by atoms with Crippen LogP contribution in [-0.4, -0.2) is 137 Å². The molecule has 3 N–H and O–H groups in total. The minimum Gasteiger partial charge on any atom is -0.481 e. The number of methoxy groups -OCH3 is 2. The fourth-order valence-corrected chi connectivity index (χ4v) is 9.33. The van der Waals surface area contributed by atoms with Gasteiger partial charge in [-0.25, -0.2) is 0 Å². The SMILES string of the molecule is CCC(C)C(C(CC(=O)N1CCCC1C(OC)C(C)C(=O)NC(Cc1ccccc1)c1nnc(-c2ccccc2)o1)OC)N(C)C(=O)C(NC(=O)C(C(C)C)N(C)CCCC(=O)O)C(C)C. The number of aliphatic carboxylic acids is 1.